The highest BCUT2D eigenvalue weighted by molar-refractivity contribution is 7.89. The Morgan fingerprint density at radius 2 is 1.86 bits per heavy atom. The van der Waals surface area contributed by atoms with E-state index < -0.39 is 34.5 Å². The Morgan fingerprint density at radius 3 is 2.50 bits per heavy atom. The van der Waals surface area contributed by atoms with E-state index in [-0.39, 0.29) is 4.90 Å². The number of aryl methyl sites for hydroxylation is 1. The Balaban J connectivity index is 1.88. The van der Waals surface area contributed by atoms with Gasteiger partial charge in [0.2, 0.25) is 10.0 Å². The van der Waals surface area contributed by atoms with Crippen molar-refractivity contribution in [3.05, 3.63) is 59.7 Å². The van der Waals surface area contributed by atoms with Crippen molar-refractivity contribution in [3.8, 4) is 6.07 Å². The standard InChI is InChI=1S/C19H19N3O5S/c1-13-6-8-17(9-7-13)28(25,26)21-12-18(23)27-14(2)19(24)22-16-5-3-4-15(10-16)11-20/h3-10,14,21H,12H2,1-2H3,(H,22,24)/t14-/m0/s1. The molecule has 0 aliphatic rings. The summed E-state index contributed by atoms with van der Waals surface area (Å²) in [4.78, 5) is 24.0. The predicted octanol–water partition coefficient (Wildman–Crippen LogP) is 1.72. The van der Waals surface area contributed by atoms with Gasteiger partial charge in [-0.3, -0.25) is 9.59 Å². The molecule has 0 saturated carbocycles. The molecule has 2 aromatic rings. The Hall–Kier alpha value is -3.22. The summed E-state index contributed by atoms with van der Waals surface area (Å²) in [5, 5.41) is 11.4. The number of carbonyl (C=O) groups excluding carboxylic acids is 2. The van der Waals surface area contributed by atoms with Gasteiger partial charge in [0.15, 0.2) is 6.10 Å². The Kier molecular flexibility index (Phi) is 6.87. The molecule has 0 spiro atoms. The van der Waals surface area contributed by atoms with E-state index in [2.05, 4.69) is 10.0 Å². The second kappa shape index (κ2) is 9.12. The van der Waals surface area contributed by atoms with Gasteiger partial charge in [-0.15, -0.1) is 0 Å². The van der Waals surface area contributed by atoms with Gasteiger partial charge in [0, 0.05) is 5.69 Å². The van der Waals surface area contributed by atoms with Crippen LogP contribution in [0.4, 0.5) is 5.69 Å². The summed E-state index contributed by atoms with van der Waals surface area (Å²) in [6.07, 6.45) is -1.15. The lowest BCUT2D eigenvalue weighted by Gasteiger charge is -2.14. The molecule has 0 aliphatic carbocycles. The molecule has 2 aromatic carbocycles. The fraction of sp³-hybridized carbons (Fsp3) is 0.211. The van der Waals surface area contributed by atoms with Gasteiger partial charge in [0.1, 0.15) is 6.54 Å². The van der Waals surface area contributed by atoms with Crippen LogP contribution in [-0.4, -0.2) is 32.9 Å². The molecule has 0 saturated heterocycles. The van der Waals surface area contributed by atoms with Crippen LogP contribution in [0, 0.1) is 18.3 Å². The number of carbonyl (C=O) groups is 2. The van der Waals surface area contributed by atoms with Crippen LogP contribution in [0.1, 0.15) is 18.1 Å². The van der Waals surface area contributed by atoms with Gasteiger partial charge in [-0.2, -0.15) is 9.98 Å². The van der Waals surface area contributed by atoms with E-state index in [0.717, 1.165) is 5.56 Å². The smallest absolute Gasteiger partial charge is 0.321 e. The van der Waals surface area contributed by atoms with Crippen molar-refractivity contribution in [2.45, 2.75) is 24.8 Å². The average molecular weight is 401 g/mol. The number of sulfonamides is 1. The van der Waals surface area contributed by atoms with E-state index >= 15 is 0 Å². The number of amides is 1. The Bertz CT molecular complexity index is 1010. The number of anilines is 1. The summed E-state index contributed by atoms with van der Waals surface area (Å²) in [6, 6.07) is 14.3. The number of rotatable bonds is 7. The van der Waals surface area contributed by atoms with Gasteiger partial charge in [-0.25, -0.2) is 8.42 Å². The summed E-state index contributed by atoms with van der Waals surface area (Å²) in [7, 11) is -3.87. The number of ether oxygens (including phenoxy) is 1. The number of nitrogens with one attached hydrogen (secondary N) is 2. The first-order valence-corrected chi connectivity index (χ1v) is 9.76. The molecule has 0 heterocycles. The van der Waals surface area contributed by atoms with Gasteiger partial charge in [0.25, 0.3) is 5.91 Å². The first kappa shape index (κ1) is 21.1. The lowest BCUT2D eigenvalue weighted by atomic mass is 10.2. The topological polar surface area (TPSA) is 125 Å². The van der Waals surface area contributed by atoms with Crippen molar-refractivity contribution >= 4 is 27.6 Å². The lowest BCUT2D eigenvalue weighted by Crippen LogP contribution is -2.35. The van der Waals surface area contributed by atoms with Crippen molar-refractivity contribution in [3.63, 3.8) is 0 Å². The second-order valence-corrected chi connectivity index (χ2v) is 7.72. The zero-order valence-electron chi connectivity index (χ0n) is 15.3. The van der Waals surface area contributed by atoms with E-state index in [1.165, 1.54) is 25.1 Å². The molecule has 9 heteroatoms. The molecular formula is C19H19N3O5S. The monoisotopic (exact) mass is 401 g/mol. The van der Waals surface area contributed by atoms with E-state index in [4.69, 9.17) is 10.00 Å². The van der Waals surface area contributed by atoms with Gasteiger partial charge in [-0.05, 0) is 44.2 Å². The highest BCUT2D eigenvalue weighted by atomic mass is 32.2. The first-order valence-electron chi connectivity index (χ1n) is 8.28. The zero-order chi connectivity index (χ0) is 20.7. The summed E-state index contributed by atoms with van der Waals surface area (Å²) in [5.74, 6) is -1.51. The molecule has 1 amide bonds. The van der Waals surface area contributed by atoms with Crippen molar-refractivity contribution in [1.29, 1.82) is 5.26 Å². The minimum absolute atomic E-state index is 0.0223. The van der Waals surface area contributed by atoms with Gasteiger partial charge < -0.3 is 10.1 Å². The molecule has 0 aromatic heterocycles. The number of nitriles is 1. The molecule has 146 valence electrons. The SMILES string of the molecule is Cc1ccc(S(=O)(=O)NCC(=O)O[C@@H](C)C(=O)Nc2cccc(C#N)c2)cc1. The molecule has 0 bridgehead atoms. The molecule has 0 unspecified atom stereocenters. The predicted molar refractivity (Wildman–Crippen MR) is 102 cm³/mol. The van der Waals surface area contributed by atoms with Gasteiger partial charge in [-0.1, -0.05) is 23.8 Å². The minimum atomic E-state index is -3.87. The van der Waals surface area contributed by atoms with Crippen LogP contribution in [0.2, 0.25) is 0 Å². The molecule has 2 rings (SSSR count). The molecule has 0 radical (unpaired) electrons. The Labute approximate surface area is 163 Å². The number of hydrogen-bond acceptors (Lipinski definition) is 6. The van der Waals surface area contributed by atoms with Crippen LogP contribution in [0.3, 0.4) is 0 Å². The third-order valence-electron chi connectivity index (χ3n) is 3.67. The quantitative estimate of drug-likeness (QED) is 0.681. The number of hydrogen-bond donors (Lipinski definition) is 2. The number of nitrogens with zero attached hydrogens (tertiary/aromatic N) is 1. The van der Waals surface area contributed by atoms with Crippen molar-refractivity contribution in [2.75, 3.05) is 11.9 Å². The number of esters is 1. The fourth-order valence-corrected chi connectivity index (χ4v) is 3.13. The van der Waals surface area contributed by atoms with E-state index in [0.29, 0.717) is 11.3 Å². The van der Waals surface area contributed by atoms with Crippen LogP contribution < -0.4 is 10.0 Å². The maximum Gasteiger partial charge on any atom is 0.321 e. The van der Waals surface area contributed by atoms with Crippen LogP contribution in [-0.2, 0) is 24.3 Å². The summed E-state index contributed by atoms with van der Waals surface area (Å²) < 4.78 is 31.4. The minimum Gasteiger partial charge on any atom is -0.452 e. The van der Waals surface area contributed by atoms with Crippen molar-refractivity contribution in [1.82, 2.24) is 4.72 Å². The maximum absolute atomic E-state index is 12.1. The summed E-state index contributed by atoms with van der Waals surface area (Å²) >= 11 is 0. The van der Waals surface area contributed by atoms with E-state index in [1.807, 2.05) is 13.0 Å². The highest BCUT2D eigenvalue weighted by Gasteiger charge is 2.20. The van der Waals surface area contributed by atoms with Crippen LogP contribution in [0.25, 0.3) is 0 Å². The van der Waals surface area contributed by atoms with Gasteiger partial charge in [0.05, 0.1) is 16.5 Å². The van der Waals surface area contributed by atoms with Crippen LogP contribution >= 0.6 is 0 Å². The first-order chi connectivity index (χ1) is 13.2. The van der Waals surface area contributed by atoms with E-state index in [1.54, 1.807) is 30.3 Å². The van der Waals surface area contributed by atoms with Crippen LogP contribution in [0.15, 0.2) is 53.4 Å². The zero-order valence-corrected chi connectivity index (χ0v) is 16.1. The Morgan fingerprint density at radius 1 is 1.18 bits per heavy atom. The third kappa shape index (κ3) is 5.90. The second-order valence-electron chi connectivity index (χ2n) is 5.95. The van der Waals surface area contributed by atoms with Crippen molar-refractivity contribution < 1.29 is 22.7 Å². The largest absolute Gasteiger partial charge is 0.452 e. The fourth-order valence-electron chi connectivity index (χ4n) is 2.16. The normalized spacial score (nSPS) is 11.9. The summed E-state index contributed by atoms with van der Waals surface area (Å²) in [5.41, 5.74) is 1.65. The van der Waals surface area contributed by atoms with Crippen LogP contribution in [0.5, 0.6) is 0 Å². The molecule has 0 fully saturated rings. The average Bonchev–Trinajstić information content (AvgIpc) is 2.67. The summed E-state index contributed by atoms with van der Waals surface area (Å²) in [6.45, 7) is 2.57. The van der Waals surface area contributed by atoms with Crippen molar-refractivity contribution in [2.24, 2.45) is 0 Å². The molecule has 2 N–H and O–H groups in total. The molecule has 8 nitrogen and oxygen atoms in total. The third-order valence-corrected chi connectivity index (χ3v) is 5.09. The van der Waals surface area contributed by atoms with Gasteiger partial charge >= 0.3 is 5.97 Å². The molecule has 1 atom stereocenters. The highest BCUT2D eigenvalue weighted by Crippen LogP contribution is 2.11. The molecule has 0 aliphatic heterocycles. The molecular weight excluding hydrogens is 382 g/mol. The number of benzene rings is 2. The molecule has 28 heavy (non-hydrogen) atoms. The van der Waals surface area contributed by atoms with E-state index in [9.17, 15) is 18.0 Å². The lowest BCUT2D eigenvalue weighted by molar-refractivity contribution is -0.151. The maximum atomic E-state index is 12.1.